The lowest BCUT2D eigenvalue weighted by molar-refractivity contribution is -0.386. The Bertz CT molecular complexity index is 1130. The number of carbonyl (C=O) groups is 1. The molecule has 3 aromatic rings. The topological polar surface area (TPSA) is 87.3 Å². The van der Waals surface area contributed by atoms with Gasteiger partial charge in [0.2, 0.25) is 0 Å². The Balaban J connectivity index is 1.86. The third-order valence-electron chi connectivity index (χ3n) is 4.83. The molecule has 0 fully saturated rings. The summed E-state index contributed by atoms with van der Waals surface area (Å²) in [5.74, 6) is 0.616. The Morgan fingerprint density at radius 3 is 2.67 bits per heavy atom. The van der Waals surface area contributed by atoms with E-state index in [1.807, 2.05) is 30.3 Å². The van der Waals surface area contributed by atoms with Crippen molar-refractivity contribution in [3.05, 3.63) is 78.8 Å². The first-order valence-corrected chi connectivity index (χ1v) is 10.3. The molecular formula is C22H23N3O4S. The van der Waals surface area contributed by atoms with Crippen molar-refractivity contribution < 1.29 is 14.5 Å². The second kappa shape index (κ2) is 9.04. The smallest absolute Gasteiger partial charge is 0.312 e. The van der Waals surface area contributed by atoms with Crippen LogP contribution in [0.5, 0.6) is 5.75 Å². The Labute approximate surface area is 178 Å². The van der Waals surface area contributed by atoms with Crippen molar-refractivity contribution in [1.82, 2.24) is 9.78 Å². The molecule has 7 nitrogen and oxygen atoms in total. The lowest BCUT2D eigenvalue weighted by Crippen LogP contribution is -2.06. The fraction of sp³-hybridized carbons (Fsp3) is 0.273. The Hall–Kier alpha value is -3.26. The molecule has 0 saturated heterocycles. The number of ketones is 1. The van der Waals surface area contributed by atoms with E-state index in [0.29, 0.717) is 28.6 Å². The van der Waals surface area contributed by atoms with Crippen LogP contribution in [0.15, 0.2) is 36.4 Å². The first-order chi connectivity index (χ1) is 14.3. The number of benzene rings is 1. The molecule has 2 aromatic heterocycles. The lowest BCUT2D eigenvalue weighted by Gasteiger charge is -2.10. The van der Waals surface area contributed by atoms with E-state index in [1.54, 1.807) is 37.8 Å². The number of ether oxygens (including phenoxy) is 1. The number of hydrogen-bond donors (Lipinski definition) is 0. The van der Waals surface area contributed by atoms with Gasteiger partial charge in [0, 0.05) is 10.4 Å². The molecule has 2 heterocycles. The molecule has 0 saturated carbocycles. The summed E-state index contributed by atoms with van der Waals surface area (Å²) < 4.78 is 7.04. The van der Waals surface area contributed by atoms with Gasteiger partial charge in [0.25, 0.3) is 0 Å². The van der Waals surface area contributed by atoms with Crippen LogP contribution < -0.4 is 4.74 Å². The molecule has 0 aliphatic rings. The summed E-state index contributed by atoms with van der Waals surface area (Å²) in [7, 11) is 1.57. The van der Waals surface area contributed by atoms with Gasteiger partial charge in [-0.25, -0.2) is 0 Å². The number of methoxy groups -OCH3 is 1. The zero-order chi connectivity index (χ0) is 21.8. The fourth-order valence-electron chi connectivity index (χ4n) is 3.25. The van der Waals surface area contributed by atoms with Crippen molar-refractivity contribution in [2.45, 2.75) is 33.7 Å². The van der Waals surface area contributed by atoms with Crippen molar-refractivity contribution in [2.24, 2.45) is 0 Å². The van der Waals surface area contributed by atoms with Crippen molar-refractivity contribution in [3.63, 3.8) is 0 Å². The van der Waals surface area contributed by atoms with Gasteiger partial charge >= 0.3 is 5.69 Å². The van der Waals surface area contributed by atoms with E-state index in [1.165, 1.54) is 16.2 Å². The van der Waals surface area contributed by atoms with Crippen LogP contribution >= 0.6 is 11.3 Å². The van der Waals surface area contributed by atoms with Crippen LogP contribution in [-0.4, -0.2) is 27.6 Å². The van der Waals surface area contributed by atoms with Gasteiger partial charge in [0.05, 0.1) is 23.5 Å². The number of nitrogens with zero attached hydrogens (tertiary/aromatic N) is 3. The molecule has 0 amide bonds. The molecule has 0 atom stereocenters. The normalized spacial score (nSPS) is 11.2. The molecular weight excluding hydrogens is 402 g/mol. The van der Waals surface area contributed by atoms with Gasteiger partial charge in [-0.2, -0.15) is 5.10 Å². The van der Waals surface area contributed by atoms with Crippen molar-refractivity contribution in [1.29, 1.82) is 0 Å². The van der Waals surface area contributed by atoms with Crippen LogP contribution in [0.2, 0.25) is 0 Å². The first-order valence-electron chi connectivity index (χ1n) is 9.50. The molecule has 8 heteroatoms. The summed E-state index contributed by atoms with van der Waals surface area (Å²) in [5.41, 5.74) is 2.54. The zero-order valence-corrected chi connectivity index (χ0v) is 18.2. The van der Waals surface area contributed by atoms with Gasteiger partial charge in [-0.15, -0.1) is 11.3 Å². The number of allylic oxidation sites excluding steroid dienone is 1. The molecule has 1 aromatic carbocycles. The second-order valence-corrected chi connectivity index (χ2v) is 7.99. The second-order valence-electron chi connectivity index (χ2n) is 6.82. The van der Waals surface area contributed by atoms with Crippen LogP contribution in [0.1, 0.15) is 44.0 Å². The quantitative estimate of drug-likeness (QED) is 0.220. The summed E-state index contributed by atoms with van der Waals surface area (Å²) >= 11 is 1.51. The van der Waals surface area contributed by atoms with Gasteiger partial charge in [-0.05, 0) is 56.2 Å². The lowest BCUT2D eigenvalue weighted by atomic mass is 10.1. The number of aryl methyl sites for hydroxylation is 2. The number of nitro groups is 1. The van der Waals surface area contributed by atoms with Crippen molar-refractivity contribution >= 4 is 28.9 Å². The summed E-state index contributed by atoms with van der Waals surface area (Å²) in [6, 6.07) is 9.41. The highest BCUT2D eigenvalue weighted by Gasteiger charge is 2.22. The summed E-state index contributed by atoms with van der Waals surface area (Å²) in [6.45, 7) is 5.69. The van der Waals surface area contributed by atoms with E-state index in [0.717, 1.165) is 17.5 Å². The van der Waals surface area contributed by atoms with E-state index in [9.17, 15) is 14.9 Å². The highest BCUT2D eigenvalue weighted by atomic mass is 32.1. The fourth-order valence-corrected chi connectivity index (χ4v) is 4.11. The molecule has 156 valence electrons. The highest BCUT2D eigenvalue weighted by molar-refractivity contribution is 7.14. The van der Waals surface area contributed by atoms with Crippen LogP contribution in [-0.2, 0) is 13.0 Å². The molecule has 0 bridgehead atoms. The van der Waals surface area contributed by atoms with E-state index >= 15 is 0 Å². The van der Waals surface area contributed by atoms with E-state index < -0.39 is 4.92 Å². The van der Waals surface area contributed by atoms with E-state index in [-0.39, 0.29) is 11.5 Å². The van der Waals surface area contributed by atoms with Crippen LogP contribution in [0.25, 0.3) is 6.08 Å². The van der Waals surface area contributed by atoms with Crippen LogP contribution in [0.4, 0.5) is 5.69 Å². The van der Waals surface area contributed by atoms with Crippen LogP contribution in [0.3, 0.4) is 0 Å². The standard InChI is InChI=1S/C22H23N3O4S/c1-5-18-8-11-21(30-18)19(26)9-6-16-7-10-20(29-4)17(12-16)13-24-15(3)22(25(27)28)14(2)23-24/h6-12H,5,13H2,1-4H3/b9-6+. The minimum atomic E-state index is -0.412. The third kappa shape index (κ3) is 4.49. The molecule has 30 heavy (non-hydrogen) atoms. The monoisotopic (exact) mass is 425 g/mol. The zero-order valence-electron chi connectivity index (χ0n) is 17.3. The largest absolute Gasteiger partial charge is 0.496 e. The van der Waals surface area contributed by atoms with Gasteiger partial charge < -0.3 is 4.74 Å². The number of carbonyl (C=O) groups excluding carboxylic acids is 1. The van der Waals surface area contributed by atoms with Gasteiger partial charge in [0.15, 0.2) is 5.78 Å². The maximum atomic E-state index is 12.4. The van der Waals surface area contributed by atoms with Gasteiger partial charge in [0.1, 0.15) is 17.1 Å². The summed E-state index contributed by atoms with van der Waals surface area (Å²) in [4.78, 5) is 25.2. The number of rotatable bonds is 8. The van der Waals surface area contributed by atoms with E-state index in [2.05, 4.69) is 12.0 Å². The molecule has 0 aliphatic heterocycles. The van der Waals surface area contributed by atoms with Crippen LogP contribution in [0, 0.1) is 24.0 Å². The van der Waals surface area contributed by atoms with E-state index in [4.69, 9.17) is 4.74 Å². The minimum absolute atomic E-state index is 0.0259. The highest BCUT2D eigenvalue weighted by Crippen LogP contribution is 2.26. The van der Waals surface area contributed by atoms with Crippen molar-refractivity contribution in [2.75, 3.05) is 7.11 Å². The number of aromatic nitrogens is 2. The third-order valence-corrected chi connectivity index (χ3v) is 6.07. The molecule has 0 N–H and O–H groups in total. The average Bonchev–Trinajstić information content (AvgIpc) is 3.30. The molecule has 3 rings (SSSR count). The number of hydrogen-bond acceptors (Lipinski definition) is 6. The summed E-state index contributed by atoms with van der Waals surface area (Å²) in [6.07, 6.45) is 4.24. The van der Waals surface area contributed by atoms with Gasteiger partial charge in [-0.1, -0.05) is 19.1 Å². The minimum Gasteiger partial charge on any atom is -0.496 e. The predicted molar refractivity (Wildman–Crippen MR) is 118 cm³/mol. The Morgan fingerprint density at radius 1 is 1.30 bits per heavy atom. The maximum absolute atomic E-state index is 12.4. The average molecular weight is 426 g/mol. The summed E-state index contributed by atoms with van der Waals surface area (Å²) in [5, 5.41) is 15.6. The van der Waals surface area contributed by atoms with Crippen molar-refractivity contribution in [3.8, 4) is 5.75 Å². The predicted octanol–water partition coefficient (Wildman–Crippen LogP) is 4.99. The first kappa shape index (κ1) is 21.4. The molecule has 0 aliphatic carbocycles. The van der Waals surface area contributed by atoms with Gasteiger partial charge in [-0.3, -0.25) is 19.6 Å². The Kier molecular flexibility index (Phi) is 6.47. The Morgan fingerprint density at radius 2 is 2.07 bits per heavy atom. The molecule has 0 spiro atoms. The SMILES string of the molecule is CCc1ccc(C(=O)/C=C/c2ccc(OC)c(Cn3nc(C)c([N+](=O)[O-])c3C)c2)s1. The maximum Gasteiger partial charge on any atom is 0.312 e. The molecule has 0 radical (unpaired) electrons. The molecule has 0 unspecified atom stereocenters. The number of thiophene rings is 1.